The lowest BCUT2D eigenvalue weighted by Crippen LogP contribution is -2.49. The number of nitrogens with zero attached hydrogens (tertiary/aromatic N) is 1. The number of carbonyl (C=O) groups is 1. The number of hydrogen-bond donors (Lipinski definition) is 0. The fourth-order valence-electron chi connectivity index (χ4n) is 4.91. The van der Waals surface area contributed by atoms with Crippen molar-refractivity contribution in [1.82, 2.24) is 0 Å². The van der Waals surface area contributed by atoms with Crippen LogP contribution in [-0.2, 0) is 9.63 Å². The molecule has 2 saturated carbocycles. The Kier molecular flexibility index (Phi) is 3.22. The topological polar surface area (TPSA) is 38.7 Å². The highest BCUT2D eigenvalue weighted by Gasteiger charge is 2.67. The van der Waals surface area contributed by atoms with Crippen molar-refractivity contribution < 1.29 is 9.63 Å². The molecule has 3 aliphatic rings. The number of carbonyl (C=O) groups excluding carboxylic acids is 1. The van der Waals surface area contributed by atoms with E-state index in [1.807, 2.05) is 36.4 Å². The lowest BCUT2D eigenvalue weighted by molar-refractivity contribution is -0.135. The van der Waals surface area contributed by atoms with Gasteiger partial charge in [0.15, 0.2) is 5.60 Å². The molecule has 1 aromatic carbocycles. The number of ketones is 1. The molecule has 1 spiro atoms. The molecule has 3 heteroatoms. The van der Waals surface area contributed by atoms with Gasteiger partial charge < -0.3 is 4.84 Å². The Morgan fingerprint density at radius 1 is 1.22 bits per heavy atom. The summed E-state index contributed by atoms with van der Waals surface area (Å²) in [6, 6.07) is 9.86. The van der Waals surface area contributed by atoms with Crippen LogP contribution in [-0.4, -0.2) is 17.1 Å². The van der Waals surface area contributed by atoms with Gasteiger partial charge >= 0.3 is 0 Å². The van der Waals surface area contributed by atoms with Gasteiger partial charge in [-0.05, 0) is 36.8 Å². The Morgan fingerprint density at radius 2 is 1.96 bits per heavy atom. The summed E-state index contributed by atoms with van der Waals surface area (Å²) in [7, 11) is 0. The monoisotopic (exact) mass is 309 g/mol. The first kappa shape index (κ1) is 14.7. The van der Waals surface area contributed by atoms with Gasteiger partial charge in [-0.25, -0.2) is 0 Å². The van der Waals surface area contributed by atoms with E-state index < -0.39 is 0 Å². The van der Waals surface area contributed by atoms with Gasteiger partial charge in [-0.15, -0.1) is 0 Å². The highest BCUT2D eigenvalue weighted by molar-refractivity contribution is 6.45. The smallest absolute Gasteiger partial charge is 0.203 e. The van der Waals surface area contributed by atoms with Crippen molar-refractivity contribution in [1.29, 1.82) is 0 Å². The minimum Gasteiger partial charge on any atom is -0.388 e. The van der Waals surface area contributed by atoms with E-state index in [4.69, 9.17) is 4.84 Å². The van der Waals surface area contributed by atoms with E-state index in [0.717, 1.165) is 5.56 Å². The molecule has 1 aliphatic heterocycles. The zero-order valence-corrected chi connectivity index (χ0v) is 13.8. The summed E-state index contributed by atoms with van der Waals surface area (Å²) in [6.45, 7) is 4.58. The molecule has 0 N–H and O–H groups in total. The largest absolute Gasteiger partial charge is 0.388 e. The van der Waals surface area contributed by atoms with Crippen LogP contribution in [0.15, 0.2) is 41.6 Å². The predicted molar refractivity (Wildman–Crippen MR) is 91.0 cm³/mol. The van der Waals surface area contributed by atoms with Crippen molar-refractivity contribution in [2.45, 2.75) is 45.1 Å². The summed E-state index contributed by atoms with van der Waals surface area (Å²) in [5, 5.41) is 4.21. The van der Waals surface area contributed by atoms with Crippen LogP contribution in [0.4, 0.5) is 0 Å². The molecule has 2 bridgehead atoms. The van der Waals surface area contributed by atoms with Crippen LogP contribution in [0, 0.1) is 17.3 Å². The van der Waals surface area contributed by atoms with Crippen molar-refractivity contribution in [3.63, 3.8) is 0 Å². The summed E-state index contributed by atoms with van der Waals surface area (Å²) >= 11 is 0. The van der Waals surface area contributed by atoms with Gasteiger partial charge in [-0.3, -0.25) is 4.79 Å². The molecule has 3 nitrogen and oxygen atoms in total. The number of benzene rings is 1. The molecule has 0 amide bonds. The maximum Gasteiger partial charge on any atom is 0.203 e. The quantitative estimate of drug-likeness (QED) is 0.783. The van der Waals surface area contributed by atoms with E-state index >= 15 is 0 Å². The first-order valence-electron chi connectivity index (χ1n) is 8.55. The minimum atomic E-state index is -0.249. The Bertz CT molecular complexity index is 689. The fourth-order valence-corrected chi connectivity index (χ4v) is 4.91. The molecule has 0 saturated heterocycles. The number of oxime groups is 1. The predicted octanol–water partition coefficient (Wildman–Crippen LogP) is 4.24. The van der Waals surface area contributed by atoms with Crippen LogP contribution in [0.5, 0.6) is 0 Å². The van der Waals surface area contributed by atoms with E-state index in [-0.39, 0.29) is 16.8 Å². The molecule has 4 rings (SSSR count). The molecule has 120 valence electrons. The van der Waals surface area contributed by atoms with Gasteiger partial charge in [0.2, 0.25) is 5.78 Å². The molecule has 2 aliphatic carbocycles. The third kappa shape index (κ3) is 2.09. The van der Waals surface area contributed by atoms with E-state index in [2.05, 4.69) is 19.0 Å². The fraction of sp³-hybridized carbons (Fsp3) is 0.500. The van der Waals surface area contributed by atoms with Crippen molar-refractivity contribution >= 4 is 17.6 Å². The summed E-state index contributed by atoms with van der Waals surface area (Å²) < 4.78 is 0. The number of allylic oxidation sites excluding steroid dienone is 1. The summed E-state index contributed by atoms with van der Waals surface area (Å²) in [5.74, 6) is 1.23. The second kappa shape index (κ2) is 5.05. The second-order valence-corrected chi connectivity index (χ2v) is 7.73. The summed E-state index contributed by atoms with van der Waals surface area (Å²) in [4.78, 5) is 18.4. The Morgan fingerprint density at radius 3 is 2.65 bits per heavy atom. The highest BCUT2D eigenvalue weighted by atomic mass is 16.7. The standard InChI is InChI=1S/C20H23NO2/c1-19(2)15-9-10-16(12-15)20(19)13-17(21-23-20)18(22)11-8-14-6-4-3-5-7-14/h3-8,11,15-16H,9-10,12-13H2,1-2H3. The molecule has 3 unspecified atom stereocenters. The summed E-state index contributed by atoms with van der Waals surface area (Å²) in [6.07, 6.45) is 7.87. The van der Waals surface area contributed by atoms with Crippen molar-refractivity contribution in [3.05, 3.63) is 42.0 Å². The van der Waals surface area contributed by atoms with Gasteiger partial charge in [0.25, 0.3) is 0 Å². The van der Waals surface area contributed by atoms with Crippen LogP contribution < -0.4 is 0 Å². The molecular formula is C20H23NO2. The van der Waals surface area contributed by atoms with Gasteiger partial charge in [0, 0.05) is 17.8 Å². The van der Waals surface area contributed by atoms with E-state index in [0.29, 0.717) is 24.0 Å². The lowest BCUT2D eigenvalue weighted by atomic mass is 9.63. The molecule has 0 aromatic heterocycles. The first-order chi connectivity index (χ1) is 11.0. The van der Waals surface area contributed by atoms with Crippen LogP contribution in [0.1, 0.15) is 45.1 Å². The maximum absolute atomic E-state index is 12.5. The maximum atomic E-state index is 12.5. The molecular weight excluding hydrogens is 286 g/mol. The van der Waals surface area contributed by atoms with Crippen LogP contribution >= 0.6 is 0 Å². The molecule has 1 heterocycles. The van der Waals surface area contributed by atoms with Crippen molar-refractivity contribution in [2.75, 3.05) is 0 Å². The first-order valence-corrected chi connectivity index (χ1v) is 8.55. The average Bonchev–Trinajstić information content (AvgIpc) is 3.24. The minimum absolute atomic E-state index is 0.0238. The average molecular weight is 309 g/mol. The zero-order chi connectivity index (χ0) is 16.1. The van der Waals surface area contributed by atoms with Gasteiger partial charge in [-0.1, -0.05) is 55.4 Å². The van der Waals surface area contributed by atoms with Crippen LogP contribution in [0.3, 0.4) is 0 Å². The normalized spacial score (nSPS) is 34.1. The van der Waals surface area contributed by atoms with Gasteiger partial charge in [0.05, 0.1) is 0 Å². The Hall–Kier alpha value is -1.90. The molecule has 23 heavy (non-hydrogen) atoms. The van der Waals surface area contributed by atoms with E-state index in [9.17, 15) is 4.79 Å². The highest BCUT2D eigenvalue weighted by Crippen LogP contribution is 2.65. The third-order valence-electron chi connectivity index (χ3n) is 6.46. The molecule has 2 fully saturated rings. The molecule has 0 radical (unpaired) electrons. The lowest BCUT2D eigenvalue weighted by Gasteiger charge is -2.44. The number of rotatable bonds is 3. The van der Waals surface area contributed by atoms with Gasteiger partial charge in [-0.2, -0.15) is 0 Å². The Balaban J connectivity index is 1.50. The molecule has 3 atom stereocenters. The van der Waals surface area contributed by atoms with E-state index in [1.165, 1.54) is 19.3 Å². The van der Waals surface area contributed by atoms with Crippen molar-refractivity contribution in [3.8, 4) is 0 Å². The number of hydrogen-bond acceptors (Lipinski definition) is 3. The van der Waals surface area contributed by atoms with E-state index in [1.54, 1.807) is 6.08 Å². The van der Waals surface area contributed by atoms with Gasteiger partial charge in [0.1, 0.15) is 5.71 Å². The van der Waals surface area contributed by atoms with Crippen LogP contribution in [0.25, 0.3) is 6.08 Å². The molecule has 1 aromatic rings. The zero-order valence-electron chi connectivity index (χ0n) is 13.8. The summed E-state index contributed by atoms with van der Waals surface area (Å²) in [5.41, 5.74) is 1.46. The van der Waals surface area contributed by atoms with Crippen LogP contribution in [0.2, 0.25) is 0 Å². The second-order valence-electron chi connectivity index (χ2n) is 7.73. The van der Waals surface area contributed by atoms with Crippen molar-refractivity contribution in [2.24, 2.45) is 22.4 Å². The SMILES string of the molecule is CC1(C)C2CCC(C2)C12CC(C(=O)C=Cc1ccccc1)=NO2. The Labute approximate surface area is 137 Å². The number of fused-ring (bicyclic) bond motifs is 3. The third-order valence-corrected chi connectivity index (χ3v) is 6.46.